The average Bonchev–Trinajstić information content (AvgIpc) is 3.02. The normalized spacial score (nSPS) is 24.8. The molecular weight excluding hydrogens is 234 g/mol. The van der Waals surface area contributed by atoms with Gasteiger partial charge in [-0.25, -0.2) is 0 Å². The topological polar surface area (TPSA) is 18.8 Å². The van der Waals surface area contributed by atoms with E-state index in [0.717, 1.165) is 12.5 Å². The molecule has 1 aromatic rings. The van der Waals surface area contributed by atoms with E-state index in [1.54, 1.807) is 0 Å². The summed E-state index contributed by atoms with van der Waals surface area (Å²) in [5.74, 6) is 1.71. The highest BCUT2D eigenvalue weighted by Gasteiger charge is 2.50. The fourth-order valence-electron chi connectivity index (χ4n) is 2.72. The minimum absolute atomic E-state index is 0.332. The van der Waals surface area contributed by atoms with Crippen LogP contribution in [0.15, 0.2) is 35.3 Å². The Bertz CT molecular complexity index is 440. The first-order chi connectivity index (χ1) is 8.94. The van der Waals surface area contributed by atoms with E-state index in [1.165, 1.54) is 12.0 Å². The van der Waals surface area contributed by atoms with Gasteiger partial charge in [0.15, 0.2) is 5.96 Å². The van der Waals surface area contributed by atoms with Crippen LogP contribution in [0.3, 0.4) is 0 Å². The molecule has 0 unspecified atom stereocenters. The molecule has 1 aliphatic carbocycles. The van der Waals surface area contributed by atoms with E-state index in [2.05, 4.69) is 47.1 Å². The van der Waals surface area contributed by atoms with Gasteiger partial charge >= 0.3 is 0 Å². The van der Waals surface area contributed by atoms with Crippen molar-refractivity contribution in [2.45, 2.75) is 19.3 Å². The van der Waals surface area contributed by atoms with E-state index >= 15 is 0 Å². The third-order valence-electron chi connectivity index (χ3n) is 3.94. The molecular formula is C16H25N3. The lowest BCUT2D eigenvalue weighted by atomic mass is 10.0. The molecule has 0 amide bonds. The molecule has 1 saturated carbocycles. The molecule has 0 aliphatic heterocycles. The van der Waals surface area contributed by atoms with Gasteiger partial charge in [-0.1, -0.05) is 37.3 Å². The van der Waals surface area contributed by atoms with Crippen molar-refractivity contribution in [1.82, 2.24) is 9.80 Å². The first-order valence-corrected chi connectivity index (χ1v) is 6.88. The van der Waals surface area contributed by atoms with Crippen LogP contribution in [0.25, 0.3) is 0 Å². The summed E-state index contributed by atoms with van der Waals surface area (Å²) in [6.45, 7) is 3.25. The highest BCUT2D eigenvalue weighted by Crippen LogP contribution is 2.59. The van der Waals surface area contributed by atoms with Gasteiger partial charge in [-0.15, -0.1) is 0 Å². The van der Waals surface area contributed by atoms with Crippen molar-refractivity contribution in [3.05, 3.63) is 35.9 Å². The largest absolute Gasteiger partial charge is 0.349 e. The van der Waals surface area contributed by atoms with E-state index in [4.69, 9.17) is 4.99 Å². The molecule has 19 heavy (non-hydrogen) atoms. The fraction of sp³-hybridized carbons (Fsp3) is 0.562. The molecule has 3 nitrogen and oxygen atoms in total. The number of nitrogens with zero attached hydrogens (tertiary/aromatic N) is 3. The summed E-state index contributed by atoms with van der Waals surface area (Å²) in [5, 5.41) is 0. The predicted molar refractivity (Wildman–Crippen MR) is 81.6 cm³/mol. The second-order valence-electron chi connectivity index (χ2n) is 6.23. The van der Waals surface area contributed by atoms with Gasteiger partial charge in [0, 0.05) is 34.7 Å². The zero-order chi connectivity index (χ0) is 14.0. The summed E-state index contributed by atoms with van der Waals surface area (Å²) in [6, 6.07) is 10.8. The molecule has 2 atom stereocenters. The van der Waals surface area contributed by atoms with Crippen LogP contribution in [0.2, 0.25) is 0 Å². The van der Waals surface area contributed by atoms with Gasteiger partial charge in [0.05, 0.1) is 0 Å². The zero-order valence-corrected chi connectivity index (χ0v) is 12.7. The Morgan fingerprint density at radius 3 is 2.26 bits per heavy atom. The van der Waals surface area contributed by atoms with Crippen LogP contribution in [0, 0.1) is 5.41 Å². The van der Waals surface area contributed by atoms with Crippen LogP contribution in [0.4, 0.5) is 0 Å². The van der Waals surface area contributed by atoms with Crippen molar-refractivity contribution in [3.63, 3.8) is 0 Å². The Labute approximate surface area is 116 Å². The SMILES string of the molecule is CN(C)C(=NC[C@]1(C)C[C@H]1c1ccccc1)N(C)C. The molecule has 0 N–H and O–H groups in total. The maximum Gasteiger partial charge on any atom is 0.195 e. The maximum absolute atomic E-state index is 4.80. The Hall–Kier alpha value is -1.51. The van der Waals surface area contributed by atoms with Crippen LogP contribution in [-0.2, 0) is 0 Å². The van der Waals surface area contributed by atoms with Crippen LogP contribution in [0.1, 0.15) is 24.8 Å². The van der Waals surface area contributed by atoms with Crippen molar-refractivity contribution in [3.8, 4) is 0 Å². The summed E-state index contributed by atoms with van der Waals surface area (Å²) in [7, 11) is 8.18. The lowest BCUT2D eigenvalue weighted by molar-refractivity contribution is 0.467. The lowest BCUT2D eigenvalue weighted by Gasteiger charge is -2.23. The van der Waals surface area contributed by atoms with Gasteiger partial charge in [-0.2, -0.15) is 0 Å². The smallest absolute Gasteiger partial charge is 0.195 e. The van der Waals surface area contributed by atoms with E-state index in [1.807, 2.05) is 28.2 Å². The third-order valence-corrected chi connectivity index (χ3v) is 3.94. The third kappa shape index (κ3) is 3.09. The van der Waals surface area contributed by atoms with Crippen molar-refractivity contribution >= 4 is 5.96 Å². The highest BCUT2D eigenvalue weighted by molar-refractivity contribution is 5.79. The van der Waals surface area contributed by atoms with Gasteiger partial charge in [0.25, 0.3) is 0 Å². The van der Waals surface area contributed by atoms with Gasteiger partial charge in [-0.3, -0.25) is 4.99 Å². The van der Waals surface area contributed by atoms with E-state index in [-0.39, 0.29) is 0 Å². The minimum atomic E-state index is 0.332. The maximum atomic E-state index is 4.80. The zero-order valence-electron chi connectivity index (χ0n) is 12.7. The molecule has 0 spiro atoms. The van der Waals surface area contributed by atoms with Crippen molar-refractivity contribution in [2.24, 2.45) is 10.4 Å². The monoisotopic (exact) mass is 259 g/mol. The molecule has 104 valence electrons. The Balaban J connectivity index is 2.03. The number of rotatable bonds is 3. The summed E-state index contributed by atoms with van der Waals surface area (Å²) in [4.78, 5) is 8.95. The number of aliphatic imine (C=N–C) groups is 1. The lowest BCUT2D eigenvalue weighted by Crippen LogP contribution is -2.36. The molecule has 0 heterocycles. The van der Waals surface area contributed by atoms with Crippen molar-refractivity contribution in [2.75, 3.05) is 34.7 Å². The Kier molecular flexibility index (Phi) is 3.83. The van der Waals surface area contributed by atoms with Crippen LogP contribution in [-0.4, -0.2) is 50.5 Å². The minimum Gasteiger partial charge on any atom is -0.349 e. The first kappa shape index (κ1) is 13.9. The molecule has 0 aromatic heterocycles. The molecule has 3 heteroatoms. The first-order valence-electron chi connectivity index (χ1n) is 6.88. The molecule has 1 fully saturated rings. The molecule has 1 aliphatic rings. The van der Waals surface area contributed by atoms with E-state index in [0.29, 0.717) is 11.3 Å². The van der Waals surface area contributed by atoms with Gasteiger partial charge < -0.3 is 9.80 Å². The van der Waals surface area contributed by atoms with Crippen LogP contribution >= 0.6 is 0 Å². The van der Waals surface area contributed by atoms with E-state index in [9.17, 15) is 0 Å². The van der Waals surface area contributed by atoms with Gasteiger partial charge in [-0.05, 0) is 23.3 Å². The highest BCUT2D eigenvalue weighted by atomic mass is 15.3. The van der Waals surface area contributed by atoms with Crippen molar-refractivity contribution < 1.29 is 0 Å². The van der Waals surface area contributed by atoms with E-state index < -0.39 is 0 Å². The standard InChI is InChI=1S/C16H25N3/c1-16(12-17-15(18(2)3)19(4)5)11-14(16)13-9-7-6-8-10-13/h6-10,14H,11-12H2,1-5H3/t14-,16-/m0/s1. The van der Waals surface area contributed by atoms with Gasteiger partial charge in [0.2, 0.25) is 0 Å². The summed E-state index contributed by atoms with van der Waals surface area (Å²) in [6.07, 6.45) is 1.24. The Morgan fingerprint density at radius 1 is 1.16 bits per heavy atom. The van der Waals surface area contributed by atoms with Gasteiger partial charge in [0.1, 0.15) is 0 Å². The molecule has 2 rings (SSSR count). The quantitative estimate of drug-likeness (QED) is 0.614. The number of hydrogen-bond acceptors (Lipinski definition) is 1. The number of hydrogen-bond donors (Lipinski definition) is 0. The second kappa shape index (κ2) is 5.24. The molecule has 0 bridgehead atoms. The summed E-state index contributed by atoms with van der Waals surface area (Å²) in [5.41, 5.74) is 1.79. The molecule has 0 radical (unpaired) electrons. The predicted octanol–water partition coefficient (Wildman–Crippen LogP) is 2.66. The number of guanidine groups is 1. The fourth-order valence-corrected chi connectivity index (χ4v) is 2.72. The molecule has 1 aromatic carbocycles. The Morgan fingerprint density at radius 2 is 1.74 bits per heavy atom. The second-order valence-corrected chi connectivity index (χ2v) is 6.23. The summed E-state index contributed by atoms with van der Waals surface area (Å²) >= 11 is 0. The van der Waals surface area contributed by atoms with Crippen molar-refractivity contribution in [1.29, 1.82) is 0 Å². The number of benzene rings is 1. The van der Waals surface area contributed by atoms with Crippen LogP contribution < -0.4 is 0 Å². The van der Waals surface area contributed by atoms with Crippen LogP contribution in [0.5, 0.6) is 0 Å². The molecule has 0 saturated heterocycles. The average molecular weight is 259 g/mol. The summed E-state index contributed by atoms with van der Waals surface area (Å²) < 4.78 is 0.